The van der Waals surface area contributed by atoms with Gasteiger partial charge in [-0.1, -0.05) is 18.3 Å². The van der Waals surface area contributed by atoms with Gasteiger partial charge in [-0.2, -0.15) is 0 Å². The Balaban J connectivity index is 2.20. The maximum atomic E-state index is 11.5. The molecule has 0 aliphatic carbocycles. The van der Waals surface area contributed by atoms with E-state index in [1.54, 1.807) is 0 Å². The molecule has 2 N–H and O–H groups in total. The smallest absolute Gasteiger partial charge is 0.224 e. The number of amides is 2. The Morgan fingerprint density at radius 1 is 1.32 bits per heavy atom. The van der Waals surface area contributed by atoms with Crippen molar-refractivity contribution in [3.8, 4) is 0 Å². The first-order valence-corrected chi connectivity index (χ1v) is 6.88. The summed E-state index contributed by atoms with van der Waals surface area (Å²) in [7, 11) is 0. The summed E-state index contributed by atoms with van der Waals surface area (Å²) < 4.78 is 0.970. The predicted octanol–water partition coefficient (Wildman–Crippen LogP) is 2.99. The third-order valence-electron chi connectivity index (χ3n) is 2.43. The van der Waals surface area contributed by atoms with E-state index in [9.17, 15) is 9.59 Å². The van der Waals surface area contributed by atoms with Gasteiger partial charge in [-0.15, -0.1) is 0 Å². The molecular formula is C13H15N3O2S. The minimum atomic E-state index is -0.143. The largest absolute Gasteiger partial charge is 0.326 e. The Morgan fingerprint density at radius 3 is 2.79 bits per heavy atom. The van der Waals surface area contributed by atoms with Crippen LogP contribution in [-0.2, 0) is 9.59 Å². The molecule has 5 nitrogen and oxygen atoms in total. The summed E-state index contributed by atoms with van der Waals surface area (Å²) >= 11 is 1.41. The molecule has 2 amide bonds. The molecule has 0 bridgehead atoms. The molecule has 0 atom stereocenters. The summed E-state index contributed by atoms with van der Waals surface area (Å²) in [4.78, 5) is 26.8. The Morgan fingerprint density at radius 2 is 2.11 bits per heavy atom. The van der Waals surface area contributed by atoms with Crippen molar-refractivity contribution in [2.75, 3.05) is 10.6 Å². The van der Waals surface area contributed by atoms with Gasteiger partial charge in [0.05, 0.1) is 10.2 Å². The number of fused-ring (bicyclic) bond motifs is 1. The monoisotopic (exact) mass is 277 g/mol. The van der Waals surface area contributed by atoms with E-state index in [1.807, 2.05) is 25.1 Å². The lowest BCUT2D eigenvalue weighted by Crippen LogP contribution is -2.10. The quantitative estimate of drug-likeness (QED) is 0.902. The second-order valence-corrected chi connectivity index (χ2v) is 5.21. The van der Waals surface area contributed by atoms with Crippen LogP contribution in [0.2, 0.25) is 0 Å². The van der Waals surface area contributed by atoms with Crippen molar-refractivity contribution in [3.63, 3.8) is 0 Å². The number of rotatable bonds is 4. The van der Waals surface area contributed by atoms with Crippen LogP contribution in [0.15, 0.2) is 18.2 Å². The number of hydrogen-bond donors (Lipinski definition) is 2. The van der Waals surface area contributed by atoms with Gasteiger partial charge in [-0.3, -0.25) is 9.59 Å². The van der Waals surface area contributed by atoms with Crippen molar-refractivity contribution in [3.05, 3.63) is 18.2 Å². The van der Waals surface area contributed by atoms with E-state index >= 15 is 0 Å². The molecule has 0 radical (unpaired) electrons. The molecule has 2 aromatic rings. The fraction of sp³-hybridized carbons (Fsp3) is 0.308. The number of carbonyl (C=O) groups excluding carboxylic acids is 2. The third kappa shape index (κ3) is 3.51. The number of nitrogens with zero attached hydrogens (tertiary/aromatic N) is 1. The molecule has 6 heteroatoms. The van der Waals surface area contributed by atoms with E-state index in [0.717, 1.165) is 22.3 Å². The average molecular weight is 277 g/mol. The van der Waals surface area contributed by atoms with Gasteiger partial charge in [0.2, 0.25) is 11.8 Å². The number of nitrogens with one attached hydrogen (secondary N) is 2. The first-order valence-electron chi connectivity index (χ1n) is 6.06. The van der Waals surface area contributed by atoms with Crippen molar-refractivity contribution < 1.29 is 9.59 Å². The first kappa shape index (κ1) is 13.5. The van der Waals surface area contributed by atoms with Gasteiger partial charge in [0.15, 0.2) is 5.13 Å². The lowest BCUT2D eigenvalue weighted by molar-refractivity contribution is -0.116. The SMILES string of the molecule is CCCC(=O)Nc1ccc2sc(NC(C)=O)nc2c1. The second kappa shape index (κ2) is 5.79. The molecule has 0 saturated heterocycles. The average Bonchev–Trinajstić information content (AvgIpc) is 2.69. The maximum absolute atomic E-state index is 11.5. The molecule has 19 heavy (non-hydrogen) atoms. The molecule has 0 spiro atoms. The van der Waals surface area contributed by atoms with Crippen LogP contribution < -0.4 is 10.6 Å². The van der Waals surface area contributed by atoms with Crippen molar-refractivity contribution in [2.24, 2.45) is 0 Å². The van der Waals surface area contributed by atoms with Gasteiger partial charge in [0.1, 0.15) is 0 Å². The molecule has 0 aliphatic rings. The summed E-state index contributed by atoms with van der Waals surface area (Å²) in [5, 5.41) is 6.05. The summed E-state index contributed by atoms with van der Waals surface area (Å²) in [6.45, 7) is 3.41. The van der Waals surface area contributed by atoms with Crippen LogP contribution in [0.5, 0.6) is 0 Å². The number of benzene rings is 1. The zero-order chi connectivity index (χ0) is 13.8. The highest BCUT2D eigenvalue weighted by Crippen LogP contribution is 2.28. The Labute approximate surface area is 115 Å². The van der Waals surface area contributed by atoms with Crippen LogP contribution in [0.4, 0.5) is 10.8 Å². The van der Waals surface area contributed by atoms with E-state index in [-0.39, 0.29) is 11.8 Å². The van der Waals surface area contributed by atoms with Gasteiger partial charge < -0.3 is 10.6 Å². The van der Waals surface area contributed by atoms with Crippen molar-refractivity contribution in [1.29, 1.82) is 0 Å². The van der Waals surface area contributed by atoms with E-state index in [0.29, 0.717) is 11.6 Å². The fourth-order valence-corrected chi connectivity index (χ4v) is 2.55. The van der Waals surface area contributed by atoms with Gasteiger partial charge in [0.25, 0.3) is 0 Å². The third-order valence-corrected chi connectivity index (χ3v) is 3.38. The molecular weight excluding hydrogens is 262 g/mol. The van der Waals surface area contributed by atoms with E-state index in [4.69, 9.17) is 0 Å². The van der Waals surface area contributed by atoms with Crippen LogP contribution >= 0.6 is 11.3 Å². The highest BCUT2D eigenvalue weighted by Gasteiger charge is 2.07. The number of thiazole rings is 1. The lowest BCUT2D eigenvalue weighted by atomic mass is 10.2. The topological polar surface area (TPSA) is 71.1 Å². The summed E-state index contributed by atoms with van der Waals surface area (Å²) in [6, 6.07) is 5.54. The predicted molar refractivity (Wildman–Crippen MR) is 77.5 cm³/mol. The molecule has 0 fully saturated rings. The second-order valence-electron chi connectivity index (χ2n) is 4.18. The highest BCUT2D eigenvalue weighted by atomic mass is 32.1. The van der Waals surface area contributed by atoms with Crippen LogP contribution in [-0.4, -0.2) is 16.8 Å². The van der Waals surface area contributed by atoms with Crippen LogP contribution in [0.25, 0.3) is 10.2 Å². The summed E-state index contributed by atoms with van der Waals surface area (Å²) in [6.07, 6.45) is 1.32. The zero-order valence-corrected chi connectivity index (χ0v) is 11.6. The number of aromatic nitrogens is 1. The van der Waals surface area contributed by atoms with Crippen LogP contribution in [0, 0.1) is 0 Å². The number of carbonyl (C=O) groups is 2. The van der Waals surface area contributed by atoms with Gasteiger partial charge in [0, 0.05) is 19.0 Å². The minimum Gasteiger partial charge on any atom is -0.326 e. The normalized spacial score (nSPS) is 10.4. The molecule has 1 aromatic carbocycles. The highest BCUT2D eigenvalue weighted by molar-refractivity contribution is 7.22. The van der Waals surface area contributed by atoms with E-state index < -0.39 is 0 Å². The molecule has 100 valence electrons. The Kier molecular flexibility index (Phi) is 4.11. The standard InChI is InChI=1S/C13H15N3O2S/c1-3-4-12(18)15-9-5-6-11-10(7-9)16-13(19-11)14-8(2)17/h5-7H,3-4H2,1-2H3,(H,15,18)(H,14,16,17). The van der Waals surface area contributed by atoms with E-state index in [2.05, 4.69) is 15.6 Å². The minimum absolute atomic E-state index is 0.000774. The Bertz CT molecular complexity index is 621. The van der Waals surface area contributed by atoms with Gasteiger partial charge in [-0.25, -0.2) is 4.98 Å². The molecule has 2 rings (SSSR count). The summed E-state index contributed by atoms with van der Waals surface area (Å²) in [5.41, 5.74) is 1.49. The maximum Gasteiger partial charge on any atom is 0.224 e. The number of anilines is 2. The zero-order valence-electron chi connectivity index (χ0n) is 10.8. The molecule has 0 saturated carbocycles. The van der Waals surface area contributed by atoms with Crippen molar-refractivity contribution in [1.82, 2.24) is 4.98 Å². The van der Waals surface area contributed by atoms with Crippen LogP contribution in [0.1, 0.15) is 26.7 Å². The van der Waals surface area contributed by atoms with Crippen molar-refractivity contribution in [2.45, 2.75) is 26.7 Å². The molecule has 1 aromatic heterocycles. The van der Waals surface area contributed by atoms with Gasteiger partial charge in [-0.05, 0) is 24.6 Å². The van der Waals surface area contributed by atoms with Crippen molar-refractivity contribution >= 4 is 44.2 Å². The Hall–Kier alpha value is -1.95. The molecule has 1 heterocycles. The van der Waals surface area contributed by atoms with Gasteiger partial charge >= 0.3 is 0 Å². The lowest BCUT2D eigenvalue weighted by Gasteiger charge is -2.03. The molecule has 0 unspecified atom stereocenters. The number of hydrogen-bond acceptors (Lipinski definition) is 4. The first-order chi connectivity index (χ1) is 9.08. The molecule has 0 aliphatic heterocycles. The van der Waals surface area contributed by atoms with E-state index in [1.165, 1.54) is 18.3 Å². The van der Waals surface area contributed by atoms with Crippen LogP contribution in [0.3, 0.4) is 0 Å². The summed E-state index contributed by atoms with van der Waals surface area (Å²) in [5.74, 6) is -0.144. The fourth-order valence-electron chi connectivity index (χ4n) is 1.66.